The number of nitrogens with one attached hydrogen (secondary N) is 1. The van der Waals surface area contributed by atoms with E-state index in [4.69, 9.17) is 4.74 Å². The topological polar surface area (TPSA) is 75.7 Å². The first-order valence-corrected chi connectivity index (χ1v) is 9.66. The molecule has 0 aliphatic heterocycles. The molecular weight excluding hydrogens is 397 g/mol. The molecule has 0 aromatic heterocycles. The summed E-state index contributed by atoms with van der Waals surface area (Å²) in [6.45, 7) is -0.175. The lowest BCUT2D eigenvalue weighted by Crippen LogP contribution is -2.39. The Kier molecular flexibility index (Phi) is 7.03. The predicted octanol–water partition coefficient (Wildman–Crippen LogP) is 2.52. The summed E-state index contributed by atoms with van der Waals surface area (Å²) >= 11 is 0. The van der Waals surface area contributed by atoms with Gasteiger partial charge in [-0.3, -0.25) is 4.79 Å². The van der Waals surface area contributed by atoms with Gasteiger partial charge in [0.25, 0.3) is 0 Å². The third-order valence-corrected chi connectivity index (χ3v) is 5.15. The van der Waals surface area contributed by atoms with Crippen molar-refractivity contribution in [3.05, 3.63) is 60.2 Å². The van der Waals surface area contributed by atoms with Crippen molar-refractivity contribution in [3.8, 4) is 5.75 Å². The summed E-state index contributed by atoms with van der Waals surface area (Å²) in [7, 11) is -2.80. The average molecular weight is 416 g/mol. The number of rotatable bonds is 8. The number of hydrogen-bond donors (Lipinski definition) is 1. The molecule has 0 saturated carbocycles. The molecule has 152 valence electrons. The number of carbonyl (C=O) groups excluding carboxylic acids is 1. The Hall–Kier alpha value is -2.59. The van der Waals surface area contributed by atoms with E-state index in [-0.39, 0.29) is 13.2 Å². The van der Waals surface area contributed by atoms with Crippen LogP contribution >= 0.6 is 0 Å². The van der Waals surface area contributed by atoms with Gasteiger partial charge in [-0.1, -0.05) is 24.3 Å². The highest BCUT2D eigenvalue weighted by Crippen LogP contribution is 2.30. The molecule has 0 saturated heterocycles. The first-order chi connectivity index (χ1) is 13.1. The van der Waals surface area contributed by atoms with Gasteiger partial charge >= 0.3 is 6.18 Å². The van der Waals surface area contributed by atoms with Gasteiger partial charge in [0.15, 0.2) is 0 Å². The van der Waals surface area contributed by atoms with Gasteiger partial charge in [-0.05, 0) is 30.3 Å². The second-order valence-electron chi connectivity index (χ2n) is 5.83. The normalized spacial score (nSPS) is 11.9. The zero-order valence-corrected chi connectivity index (χ0v) is 15.8. The zero-order chi connectivity index (χ0) is 20.8. The first kappa shape index (κ1) is 21.7. The van der Waals surface area contributed by atoms with E-state index in [1.165, 1.54) is 11.9 Å². The van der Waals surface area contributed by atoms with Crippen LogP contribution in [0.15, 0.2) is 59.5 Å². The molecule has 6 nitrogen and oxygen atoms in total. The summed E-state index contributed by atoms with van der Waals surface area (Å²) in [5, 5.41) is 0. The standard InChI is InChI=1S/C18H19F3N2O4S/c1-23(10-11-27-15-7-3-2-4-8-15)17(24)13-22-28(25,26)16-9-5-6-14(12-16)18(19,20)21/h2-9,12,22H,10-11,13H2,1H3. The van der Waals surface area contributed by atoms with E-state index < -0.39 is 39.1 Å². The Balaban J connectivity index is 1.88. The highest BCUT2D eigenvalue weighted by molar-refractivity contribution is 7.89. The number of amides is 1. The van der Waals surface area contributed by atoms with Crippen LogP contribution in [0.2, 0.25) is 0 Å². The van der Waals surface area contributed by atoms with Crippen molar-refractivity contribution in [1.82, 2.24) is 9.62 Å². The van der Waals surface area contributed by atoms with E-state index in [0.717, 1.165) is 18.2 Å². The number of hydrogen-bond acceptors (Lipinski definition) is 4. The lowest BCUT2D eigenvalue weighted by atomic mass is 10.2. The molecule has 0 radical (unpaired) electrons. The molecule has 0 aliphatic carbocycles. The Morgan fingerprint density at radius 3 is 2.43 bits per heavy atom. The average Bonchev–Trinajstić information content (AvgIpc) is 2.66. The summed E-state index contributed by atoms with van der Waals surface area (Å²) in [6.07, 6.45) is -4.67. The van der Waals surface area contributed by atoms with Crippen LogP contribution in [0.3, 0.4) is 0 Å². The van der Waals surface area contributed by atoms with E-state index in [1.807, 2.05) is 10.8 Å². The highest BCUT2D eigenvalue weighted by atomic mass is 32.2. The molecule has 2 aromatic carbocycles. The van der Waals surface area contributed by atoms with Crippen molar-refractivity contribution in [1.29, 1.82) is 0 Å². The second-order valence-corrected chi connectivity index (χ2v) is 7.59. The number of para-hydroxylation sites is 1. The van der Waals surface area contributed by atoms with Gasteiger partial charge in [-0.25, -0.2) is 13.1 Å². The van der Waals surface area contributed by atoms with E-state index in [1.54, 1.807) is 24.3 Å². The molecule has 2 rings (SSSR count). The minimum atomic E-state index is -4.67. The molecule has 0 bridgehead atoms. The van der Waals surface area contributed by atoms with E-state index in [9.17, 15) is 26.4 Å². The van der Waals surface area contributed by atoms with E-state index in [2.05, 4.69) is 0 Å². The van der Waals surface area contributed by atoms with Crippen LogP contribution in [0, 0.1) is 0 Å². The fraction of sp³-hybridized carbons (Fsp3) is 0.278. The van der Waals surface area contributed by atoms with Crippen LogP contribution in [-0.2, 0) is 21.0 Å². The molecule has 0 unspecified atom stereocenters. The van der Waals surface area contributed by atoms with Gasteiger partial charge in [0.05, 0.1) is 23.5 Å². The molecule has 0 atom stereocenters. The monoisotopic (exact) mass is 416 g/mol. The lowest BCUT2D eigenvalue weighted by Gasteiger charge is -2.18. The molecule has 0 aliphatic rings. The molecule has 0 heterocycles. The summed E-state index contributed by atoms with van der Waals surface area (Å²) in [5.41, 5.74) is -1.09. The third-order valence-electron chi connectivity index (χ3n) is 3.75. The molecular formula is C18H19F3N2O4S. The maximum Gasteiger partial charge on any atom is 0.416 e. The van der Waals surface area contributed by atoms with E-state index in [0.29, 0.717) is 11.8 Å². The van der Waals surface area contributed by atoms with Gasteiger partial charge in [0.2, 0.25) is 15.9 Å². The molecule has 0 spiro atoms. The number of likely N-dealkylation sites (N-methyl/N-ethyl adjacent to an activating group) is 1. The van der Waals surface area contributed by atoms with Crippen LogP contribution in [0.4, 0.5) is 13.2 Å². The van der Waals surface area contributed by atoms with Crippen LogP contribution in [-0.4, -0.2) is 46.0 Å². The van der Waals surface area contributed by atoms with Crippen molar-refractivity contribution >= 4 is 15.9 Å². The largest absolute Gasteiger partial charge is 0.492 e. The molecule has 10 heteroatoms. The number of alkyl halides is 3. The Morgan fingerprint density at radius 1 is 1.11 bits per heavy atom. The van der Waals surface area contributed by atoms with Crippen molar-refractivity contribution < 1.29 is 31.1 Å². The Bertz CT molecular complexity index is 903. The first-order valence-electron chi connectivity index (χ1n) is 8.18. The maximum absolute atomic E-state index is 12.7. The van der Waals surface area contributed by atoms with Crippen molar-refractivity contribution in [2.45, 2.75) is 11.1 Å². The molecule has 2 aromatic rings. The van der Waals surface area contributed by atoms with Gasteiger partial charge in [-0.2, -0.15) is 13.2 Å². The summed E-state index contributed by atoms with van der Waals surface area (Å²) in [6, 6.07) is 12.2. The smallest absolute Gasteiger partial charge is 0.416 e. The Labute approximate surface area is 161 Å². The number of carbonyl (C=O) groups is 1. The summed E-state index contributed by atoms with van der Waals surface area (Å²) in [4.78, 5) is 12.7. The number of sulfonamides is 1. The minimum absolute atomic E-state index is 0.201. The molecule has 0 fully saturated rings. The summed E-state index contributed by atoms with van der Waals surface area (Å²) in [5.74, 6) is 0.0841. The van der Waals surface area contributed by atoms with Gasteiger partial charge in [0.1, 0.15) is 12.4 Å². The van der Waals surface area contributed by atoms with E-state index >= 15 is 0 Å². The number of halogens is 3. The van der Waals surface area contributed by atoms with Gasteiger partial charge < -0.3 is 9.64 Å². The van der Waals surface area contributed by atoms with Crippen LogP contribution < -0.4 is 9.46 Å². The van der Waals surface area contributed by atoms with Crippen LogP contribution in [0.25, 0.3) is 0 Å². The van der Waals surface area contributed by atoms with Crippen molar-refractivity contribution in [3.63, 3.8) is 0 Å². The fourth-order valence-electron chi connectivity index (χ4n) is 2.16. The third kappa shape index (κ3) is 6.24. The van der Waals surface area contributed by atoms with Crippen molar-refractivity contribution in [2.24, 2.45) is 0 Å². The molecule has 1 N–H and O–H groups in total. The SMILES string of the molecule is CN(CCOc1ccccc1)C(=O)CNS(=O)(=O)c1cccc(C(F)(F)F)c1. The van der Waals surface area contributed by atoms with Crippen LogP contribution in [0.1, 0.15) is 5.56 Å². The molecule has 28 heavy (non-hydrogen) atoms. The van der Waals surface area contributed by atoms with Crippen molar-refractivity contribution in [2.75, 3.05) is 26.7 Å². The predicted molar refractivity (Wildman–Crippen MR) is 96.2 cm³/mol. The zero-order valence-electron chi connectivity index (χ0n) is 14.9. The lowest BCUT2D eigenvalue weighted by molar-refractivity contribution is -0.137. The minimum Gasteiger partial charge on any atom is -0.492 e. The fourth-order valence-corrected chi connectivity index (χ4v) is 3.18. The quantitative estimate of drug-likeness (QED) is 0.718. The van der Waals surface area contributed by atoms with Crippen LogP contribution in [0.5, 0.6) is 5.75 Å². The molecule has 1 amide bonds. The second kappa shape index (κ2) is 9.07. The highest BCUT2D eigenvalue weighted by Gasteiger charge is 2.31. The summed E-state index contributed by atoms with van der Waals surface area (Å²) < 4.78 is 70.0. The Morgan fingerprint density at radius 2 is 1.79 bits per heavy atom. The maximum atomic E-state index is 12.7. The number of benzene rings is 2. The van der Waals surface area contributed by atoms with Gasteiger partial charge in [-0.15, -0.1) is 0 Å². The van der Waals surface area contributed by atoms with Gasteiger partial charge in [0, 0.05) is 7.05 Å². The number of nitrogens with zero attached hydrogens (tertiary/aromatic N) is 1. The number of ether oxygens (including phenoxy) is 1.